The molecule has 6 rings (SSSR count). The molecule has 0 amide bonds. The fourth-order valence-electron chi connectivity index (χ4n) is 6.19. The second kappa shape index (κ2) is 15.3. The van der Waals surface area contributed by atoms with Crippen molar-refractivity contribution in [2.45, 2.75) is 90.8 Å². The van der Waals surface area contributed by atoms with E-state index in [4.69, 9.17) is 23.2 Å². The maximum atomic E-state index is 6.50. The molecule has 46 heavy (non-hydrogen) atoms. The van der Waals surface area contributed by atoms with Crippen molar-refractivity contribution in [3.8, 4) is 11.1 Å². The van der Waals surface area contributed by atoms with Gasteiger partial charge in [-0.3, -0.25) is 0 Å². The number of aryl methyl sites for hydroxylation is 4. The molecule has 1 aliphatic rings. The molecule has 0 aromatic heterocycles. The molecular formula is C43H48Cl2Zr. The molecule has 0 bridgehead atoms. The summed E-state index contributed by atoms with van der Waals surface area (Å²) in [7, 11) is 0. The van der Waals surface area contributed by atoms with Crippen molar-refractivity contribution in [3.05, 3.63) is 159 Å². The van der Waals surface area contributed by atoms with Crippen LogP contribution >= 0.6 is 23.2 Å². The molecular weight excluding hydrogens is 679 g/mol. The van der Waals surface area contributed by atoms with Crippen LogP contribution in [-0.2, 0) is 47.8 Å². The Bertz CT molecular complexity index is 1610. The second-order valence-corrected chi connectivity index (χ2v) is 15.8. The van der Waals surface area contributed by atoms with Crippen LogP contribution in [0.1, 0.15) is 97.2 Å². The molecule has 0 saturated heterocycles. The van der Waals surface area contributed by atoms with Crippen molar-refractivity contribution >= 4 is 23.2 Å². The van der Waals surface area contributed by atoms with Crippen LogP contribution in [0.2, 0.25) is 0 Å². The summed E-state index contributed by atoms with van der Waals surface area (Å²) in [5.74, 6) is 0. The van der Waals surface area contributed by atoms with Crippen LogP contribution in [0.5, 0.6) is 0 Å². The first-order chi connectivity index (χ1) is 21.0. The normalized spacial score (nSPS) is 12.1. The summed E-state index contributed by atoms with van der Waals surface area (Å²) in [4.78, 5) is 0. The Morgan fingerprint density at radius 2 is 1.13 bits per heavy atom. The zero-order valence-corrected chi connectivity index (χ0v) is 33.2. The van der Waals surface area contributed by atoms with Crippen LogP contribution in [-0.4, -0.2) is 0 Å². The number of fused-ring (bicyclic) bond motifs is 3. The number of benzene rings is 4. The maximum Gasteiger partial charge on any atom is 2.00 e. The van der Waals surface area contributed by atoms with E-state index in [2.05, 4.69) is 79.7 Å². The first kappa shape index (κ1) is 38.1. The summed E-state index contributed by atoms with van der Waals surface area (Å²) in [6.45, 7) is 22.3. The predicted molar refractivity (Wildman–Crippen MR) is 197 cm³/mol. The third-order valence-corrected chi connectivity index (χ3v) is 9.27. The van der Waals surface area contributed by atoms with Gasteiger partial charge in [-0.2, -0.15) is 35.9 Å². The molecule has 0 fully saturated rings. The molecule has 1 aliphatic carbocycles. The standard InChI is InChI=1S/C23H29.C15H14Cl2.C5H5.Zr/c1-14-9-16-11-17-10-15(2)21(23(6,7)8)13-19(17)18(16)12-20(14)22(3,4)5;1-11-5-3-7-13(9-11)15(16,17)14-8-4-6-12(2)10-14;1-2-4-5-3-1;/h9,12-13H,11H2,1-8H3;3-10H,1-2H3;1-5H;/q-1;;-1;+2. The van der Waals surface area contributed by atoms with Crippen molar-refractivity contribution in [2.75, 3.05) is 0 Å². The van der Waals surface area contributed by atoms with Gasteiger partial charge < -0.3 is 0 Å². The summed E-state index contributed by atoms with van der Waals surface area (Å²) in [6, 6.07) is 36.9. The Hall–Kier alpha value is -2.31. The van der Waals surface area contributed by atoms with Gasteiger partial charge in [-0.15, -0.1) is 16.7 Å². The number of hydrogen-bond donors (Lipinski definition) is 0. The van der Waals surface area contributed by atoms with Crippen LogP contribution in [0, 0.1) is 33.8 Å². The van der Waals surface area contributed by atoms with E-state index in [0.717, 1.165) is 28.7 Å². The van der Waals surface area contributed by atoms with Crippen molar-refractivity contribution in [2.24, 2.45) is 0 Å². The summed E-state index contributed by atoms with van der Waals surface area (Å²) in [5, 5.41) is 0. The molecule has 5 aromatic rings. The van der Waals surface area contributed by atoms with E-state index >= 15 is 0 Å². The molecule has 0 radical (unpaired) electrons. The zero-order chi connectivity index (χ0) is 33.2. The monoisotopic (exact) mass is 724 g/mol. The van der Waals surface area contributed by atoms with Crippen LogP contribution in [0.25, 0.3) is 11.1 Å². The molecule has 0 saturated carbocycles. The Morgan fingerprint density at radius 3 is 1.57 bits per heavy atom. The van der Waals surface area contributed by atoms with E-state index in [1.54, 1.807) is 0 Å². The van der Waals surface area contributed by atoms with Gasteiger partial charge in [-0.25, -0.2) is 12.1 Å². The van der Waals surface area contributed by atoms with E-state index in [9.17, 15) is 0 Å². The zero-order valence-electron chi connectivity index (χ0n) is 29.2. The molecule has 0 spiro atoms. The van der Waals surface area contributed by atoms with E-state index in [-0.39, 0.29) is 37.0 Å². The van der Waals surface area contributed by atoms with Gasteiger partial charge in [-0.05, 0) is 60.4 Å². The van der Waals surface area contributed by atoms with Gasteiger partial charge in [0.15, 0.2) is 4.33 Å². The second-order valence-electron chi connectivity index (χ2n) is 14.5. The van der Waals surface area contributed by atoms with E-state index in [1.807, 2.05) is 92.7 Å². The molecule has 0 atom stereocenters. The minimum absolute atomic E-state index is 0. The largest absolute Gasteiger partial charge is 2.00 e. The SMILES string of the molecule is Cc1[c-]c2c(cc1C(C)(C)C)-c1cc(C(C)(C)C)c(C)cc1C2.Cc1cccc(C(Cl)(Cl)c2cccc(C)c2)c1.[Zr+2].c1cc[cH-]c1. The first-order valence-electron chi connectivity index (χ1n) is 15.9. The maximum absolute atomic E-state index is 6.50. The summed E-state index contributed by atoms with van der Waals surface area (Å²) in [6.07, 6.45) is 1.03. The number of rotatable bonds is 2. The van der Waals surface area contributed by atoms with Crippen LogP contribution in [0.15, 0.2) is 97.1 Å². The predicted octanol–water partition coefficient (Wildman–Crippen LogP) is 12.7. The molecule has 238 valence electrons. The van der Waals surface area contributed by atoms with Crippen molar-refractivity contribution in [1.82, 2.24) is 0 Å². The average Bonchev–Trinajstić information content (AvgIpc) is 3.63. The number of halogens is 2. The molecule has 0 N–H and O–H groups in total. The Morgan fingerprint density at radius 1 is 0.630 bits per heavy atom. The molecule has 5 aromatic carbocycles. The van der Waals surface area contributed by atoms with Crippen LogP contribution in [0.4, 0.5) is 0 Å². The molecule has 0 unspecified atom stereocenters. The third kappa shape index (κ3) is 9.19. The van der Waals surface area contributed by atoms with Crippen molar-refractivity contribution in [1.29, 1.82) is 0 Å². The number of hydrogen-bond acceptors (Lipinski definition) is 0. The van der Waals surface area contributed by atoms with Crippen LogP contribution in [0.3, 0.4) is 0 Å². The first-order valence-corrected chi connectivity index (χ1v) is 16.6. The van der Waals surface area contributed by atoms with Gasteiger partial charge in [-0.1, -0.05) is 154 Å². The van der Waals surface area contributed by atoms with E-state index in [1.165, 1.54) is 44.5 Å². The van der Waals surface area contributed by atoms with Gasteiger partial charge >= 0.3 is 26.2 Å². The quantitative estimate of drug-likeness (QED) is 0.123. The van der Waals surface area contributed by atoms with Gasteiger partial charge in [0.25, 0.3) is 0 Å². The third-order valence-electron chi connectivity index (χ3n) is 8.40. The Kier molecular flexibility index (Phi) is 12.7. The Labute approximate surface area is 308 Å². The van der Waals surface area contributed by atoms with Gasteiger partial charge in [0.2, 0.25) is 0 Å². The Balaban J connectivity index is 0.000000220. The summed E-state index contributed by atoms with van der Waals surface area (Å²) < 4.78 is -0.988. The minimum atomic E-state index is -0.988. The smallest absolute Gasteiger partial charge is 0.214 e. The van der Waals surface area contributed by atoms with E-state index < -0.39 is 4.33 Å². The summed E-state index contributed by atoms with van der Waals surface area (Å²) >= 11 is 13.0. The minimum Gasteiger partial charge on any atom is -0.214 e. The molecule has 0 nitrogen and oxygen atoms in total. The summed E-state index contributed by atoms with van der Waals surface area (Å²) in [5.41, 5.74) is 15.7. The van der Waals surface area contributed by atoms with Gasteiger partial charge in [0, 0.05) is 0 Å². The van der Waals surface area contributed by atoms with Crippen molar-refractivity contribution in [3.63, 3.8) is 0 Å². The van der Waals surface area contributed by atoms with Gasteiger partial charge in [0.1, 0.15) is 0 Å². The molecule has 0 aliphatic heterocycles. The fourth-order valence-corrected chi connectivity index (χ4v) is 6.66. The van der Waals surface area contributed by atoms with Crippen molar-refractivity contribution < 1.29 is 26.2 Å². The molecule has 0 heterocycles. The van der Waals surface area contributed by atoms with E-state index in [0.29, 0.717) is 0 Å². The molecule has 3 heteroatoms. The number of alkyl halides is 2. The fraction of sp³-hybridized carbons (Fsp3) is 0.326. The average molecular weight is 727 g/mol. The van der Waals surface area contributed by atoms with Crippen LogP contribution < -0.4 is 0 Å². The topological polar surface area (TPSA) is 0 Å². The van der Waals surface area contributed by atoms with Gasteiger partial charge in [0.05, 0.1) is 0 Å².